The van der Waals surface area contributed by atoms with Crippen LogP contribution in [0.5, 0.6) is 0 Å². The summed E-state index contributed by atoms with van der Waals surface area (Å²) in [5, 5.41) is 4.79. The van der Waals surface area contributed by atoms with Crippen molar-refractivity contribution in [2.45, 2.75) is 13.5 Å². The molecule has 1 saturated heterocycles. The molecular formula is C9H10ClN3OS. The van der Waals surface area contributed by atoms with Crippen molar-refractivity contribution in [2.24, 2.45) is 4.99 Å². The first kappa shape index (κ1) is 10.4. The Morgan fingerprint density at radius 3 is 3.13 bits per heavy atom. The molecule has 2 aliphatic heterocycles. The molecule has 6 heteroatoms. The van der Waals surface area contributed by atoms with E-state index in [9.17, 15) is 4.79 Å². The number of guanidine groups is 1. The summed E-state index contributed by atoms with van der Waals surface area (Å²) in [6.07, 6.45) is 0. The molecule has 1 aromatic rings. The zero-order valence-corrected chi connectivity index (χ0v) is 9.74. The van der Waals surface area contributed by atoms with Gasteiger partial charge in [-0.15, -0.1) is 23.7 Å². The molecule has 1 amide bonds. The minimum atomic E-state index is 0. The number of fused-ring (bicyclic) bond motifs is 2. The van der Waals surface area contributed by atoms with Crippen molar-refractivity contribution in [1.29, 1.82) is 0 Å². The predicted octanol–water partition coefficient (Wildman–Crippen LogP) is 1.41. The van der Waals surface area contributed by atoms with Crippen molar-refractivity contribution in [2.75, 3.05) is 6.54 Å². The van der Waals surface area contributed by atoms with Crippen LogP contribution >= 0.6 is 23.7 Å². The lowest BCUT2D eigenvalue weighted by molar-refractivity contribution is -0.118. The molecule has 2 aliphatic rings. The van der Waals surface area contributed by atoms with Crippen LogP contribution in [0.15, 0.2) is 10.4 Å². The van der Waals surface area contributed by atoms with Gasteiger partial charge in [0.05, 0.1) is 5.69 Å². The number of amides is 1. The number of rotatable bonds is 0. The highest BCUT2D eigenvalue weighted by Gasteiger charge is 2.30. The molecule has 1 N–H and O–H groups in total. The van der Waals surface area contributed by atoms with E-state index in [2.05, 4.69) is 17.2 Å². The van der Waals surface area contributed by atoms with Crippen LogP contribution in [0.2, 0.25) is 0 Å². The first-order chi connectivity index (χ1) is 6.74. The van der Waals surface area contributed by atoms with Crippen LogP contribution in [0.1, 0.15) is 10.4 Å². The van der Waals surface area contributed by atoms with Gasteiger partial charge in [0.15, 0.2) is 0 Å². The molecule has 1 aromatic heterocycles. The third kappa shape index (κ3) is 1.52. The fraction of sp³-hybridized carbons (Fsp3) is 0.333. The van der Waals surface area contributed by atoms with Crippen molar-refractivity contribution in [3.8, 4) is 0 Å². The number of hydrogen-bond donors (Lipinski definition) is 1. The molecule has 0 aliphatic carbocycles. The number of nitrogens with zero attached hydrogens (tertiary/aromatic N) is 2. The van der Waals surface area contributed by atoms with Crippen LogP contribution in [0.4, 0.5) is 5.69 Å². The van der Waals surface area contributed by atoms with E-state index in [0.29, 0.717) is 12.5 Å². The number of aliphatic imine (C=N–C) groups is 1. The summed E-state index contributed by atoms with van der Waals surface area (Å²) in [4.78, 5) is 18.8. The zero-order chi connectivity index (χ0) is 9.71. The molecule has 15 heavy (non-hydrogen) atoms. The Kier molecular flexibility index (Phi) is 2.44. The normalized spacial score (nSPS) is 17.5. The molecular weight excluding hydrogens is 234 g/mol. The van der Waals surface area contributed by atoms with Crippen molar-refractivity contribution in [3.63, 3.8) is 0 Å². The van der Waals surface area contributed by atoms with E-state index < -0.39 is 0 Å². The Morgan fingerprint density at radius 2 is 2.33 bits per heavy atom. The average molecular weight is 244 g/mol. The minimum absolute atomic E-state index is 0. The van der Waals surface area contributed by atoms with Gasteiger partial charge in [0.1, 0.15) is 6.54 Å². The molecule has 1 fully saturated rings. The summed E-state index contributed by atoms with van der Waals surface area (Å²) >= 11 is 1.71. The highest BCUT2D eigenvalue weighted by atomic mass is 35.5. The van der Waals surface area contributed by atoms with E-state index in [1.54, 1.807) is 11.3 Å². The van der Waals surface area contributed by atoms with Crippen molar-refractivity contribution in [3.05, 3.63) is 15.8 Å². The summed E-state index contributed by atoms with van der Waals surface area (Å²) in [5.41, 5.74) is 2.27. The molecule has 4 nitrogen and oxygen atoms in total. The zero-order valence-electron chi connectivity index (χ0n) is 8.11. The second kappa shape index (κ2) is 3.50. The predicted molar refractivity (Wildman–Crippen MR) is 62.0 cm³/mol. The van der Waals surface area contributed by atoms with Gasteiger partial charge >= 0.3 is 0 Å². The molecule has 0 saturated carbocycles. The van der Waals surface area contributed by atoms with Crippen molar-refractivity contribution >= 4 is 41.3 Å². The standard InChI is InChI=1S/C9H9N3OS.ClH/c1-5-6-2-12-3-8(13)11-9(12)10-7(6)4-14-5;/h4H,2-3H2,1H3,(H,10,11,13);1H. The van der Waals surface area contributed by atoms with Crippen LogP contribution < -0.4 is 5.32 Å². The number of aryl methyl sites for hydroxylation is 1. The van der Waals surface area contributed by atoms with Crippen molar-refractivity contribution < 1.29 is 4.79 Å². The Hall–Kier alpha value is -1.07. The lowest BCUT2D eigenvalue weighted by Crippen LogP contribution is -2.31. The number of thiophene rings is 1. The monoisotopic (exact) mass is 243 g/mol. The van der Waals surface area contributed by atoms with Crippen LogP contribution in [0.3, 0.4) is 0 Å². The fourth-order valence-electron chi connectivity index (χ4n) is 1.78. The largest absolute Gasteiger partial charge is 0.329 e. The number of hydrogen-bond acceptors (Lipinski definition) is 4. The van der Waals surface area contributed by atoms with Gasteiger partial charge in [-0.05, 0) is 6.92 Å². The molecule has 3 rings (SSSR count). The molecule has 0 atom stereocenters. The van der Waals surface area contributed by atoms with Gasteiger partial charge in [0.2, 0.25) is 11.9 Å². The molecule has 0 radical (unpaired) electrons. The van der Waals surface area contributed by atoms with E-state index in [0.717, 1.165) is 12.2 Å². The lowest BCUT2D eigenvalue weighted by atomic mass is 10.2. The third-order valence-electron chi connectivity index (χ3n) is 2.54. The summed E-state index contributed by atoms with van der Waals surface area (Å²) in [7, 11) is 0. The smallest absolute Gasteiger partial charge is 0.246 e. The molecule has 0 spiro atoms. The average Bonchev–Trinajstić information content (AvgIpc) is 2.66. The molecule has 0 unspecified atom stereocenters. The van der Waals surface area contributed by atoms with Gasteiger partial charge < -0.3 is 4.90 Å². The lowest BCUT2D eigenvalue weighted by Gasteiger charge is -2.21. The maximum Gasteiger partial charge on any atom is 0.246 e. The summed E-state index contributed by atoms with van der Waals surface area (Å²) in [6.45, 7) is 3.34. The van der Waals surface area contributed by atoms with E-state index in [1.807, 2.05) is 10.3 Å². The maximum atomic E-state index is 11.1. The Morgan fingerprint density at radius 1 is 1.53 bits per heavy atom. The first-order valence-corrected chi connectivity index (χ1v) is 5.32. The van der Waals surface area contributed by atoms with Gasteiger partial charge in [-0.2, -0.15) is 0 Å². The van der Waals surface area contributed by atoms with Gasteiger partial charge in [-0.1, -0.05) is 0 Å². The minimum Gasteiger partial charge on any atom is -0.329 e. The fourth-order valence-corrected chi connectivity index (χ4v) is 2.57. The number of nitrogens with one attached hydrogen (secondary N) is 1. The van der Waals surface area contributed by atoms with Crippen LogP contribution in [-0.4, -0.2) is 23.3 Å². The van der Waals surface area contributed by atoms with Gasteiger partial charge in [0.25, 0.3) is 0 Å². The second-order valence-corrected chi connectivity index (χ2v) is 4.58. The van der Waals surface area contributed by atoms with Crippen LogP contribution in [0.25, 0.3) is 0 Å². The third-order valence-corrected chi connectivity index (χ3v) is 3.48. The van der Waals surface area contributed by atoms with E-state index >= 15 is 0 Å². The van der Waals surface area contributed by atoms with E-state index in [4.69, 9.17) is 0 Å². The van der Waals surface area contributed by atoms with E-state index in [1.165, 1.54) is 10.4 Å². The highest BCUT2D eigenvalue weighted by Crippen LogP contribution is 2.33. The molecule has 0 bridgehead atoms. The van der Waals surface area contributed by atoms with Gasteiger partial charge in [-0.3, -0.25) is 10.1 Å². The number of carbonyl (C=O) groups excluding carboxylic acids is 1. The Balaban J connectivity index is 0.000000853. The van der Waals surface area contributed by atoms with Gasteiger partial charge in [-0.25, -0.2) is 4.99 Å². The number of halogens is 1. The second-order valence-electron chi connectivity index (χ2n) is 3.50. The first-order valence-electron chi connectivity index (χ1n) is 4.44. The molecule has 80 valence electrons. The molecule has 3 heterocycles. The maximum absolute atomic E-state index is 11.1. The van der Waals surface area contributed by atoms with Crippen molar-refractivity contribution in [1.82, 2.24) is 10.2 Å². The number of carbonyl (C=O) groups is 1. The summed E-state index contributed by atoms with van der Waals surface area (Å²) in [5.74, 6) is 0.746. The summed E-state index contributed by atoms with van der Waals surface area (Å²) in [6, 6.07) is 0. The molecule has 0 aromatic carbocycles. The van der Waals surface area contributed by atoms with E-state index in [-0.39, 0.29) is 18.3 Å². The Bertz CT molecular complexity index is 454. The quantitative estimate of drug-likeness (QED) is 0.749. The summed E-state index contributed by atoms with van der Waals surface area (Å²) < 4.78 is 0. The SMILES string of the molecule is Cc1scc2c1CN1CC(=O)NC1=N2.Cl. The Labute approximate surface area is 97.4 Å². The van der Waals surface area contributed by atoms with Crippen LogP contribution in [0, 0.1) is 6.92 Å². The van der Waals surface area contributed by atoms with Gasteiger partial charge in [0, 0.05) is 22.4 Å². The topological polar surface area (TPSA) is 44.7 Å². The highest BCUT2D eigenvalue weighted by molar-refractivity contribution is 7.10. The van der Waals surface area contributed by atoms with Crippen LogP contribution in [-0.2, 0) is 11.3 Å².